The minimum absolute atomic E-state index is 0.533. The van der Waals surface area contributed by atoms with Gasteiger partial charge in [-0.1, -0.05) is 41.4 Å². The topological polar surface area (TPSA) is 51.5 Å². The van der Waals surface area contributed by atoms with Gasteiger partial charge >= 0.3 is 0 Å². The first-order chi connectivity index (χ1) is 14.7. The number of oxazole rings is 1. The van der Waals surface area contributed by atoms with E-state index < -0.39 is 0 Å². The van der Waals surface area contributed by atoms with E-state index in [2.05, 4.69) is 9.98 Å². The van der Waals surface area contributed by atoms with Crippen LogP contribution in [0.1, 0.15) is 5.76 Å². The summed E-state index contributed by atoms with van der Waals surface area (Å²) >= 11 is 12.2. The van der Waals surface area contributed by atoms with Gasteiger partial charge in [0.15, 0.2) is 5.58 Å². The van der Waals surface area contributed by atoms with Crippen molar-refractivity contribution in [2.45, 2.75) is 0 Å². The molecule has 30 heavy (non-hydrogen) atoms. The molecule has 0 amide bonds. The number of aromatic nitrogens is 1. The van der Waals surface area contributed by atoms with E-state index in [1.54, 1.807) is 18.3 Å². The lowest BCUT2D eigenvalue weighted by Gasteiger charge is -2.00. The van der Waals surface area contributed by atoms with Gasteiger partial charge in [0.2, 0.25) is 5.89 Å². The van der Waals surface area contributed by atoms with Crippen LogP contribution in [0.25, 0.3) is 33.9 Å². The predicted octanol–water partition coefficient (Wildman–Crippen LogP) is 7.81. The van der Waals surface area contributed by atoms with Gasteiger partial charge in [-0.25, -0.2) is 4.98 Å². The second-order valence-corrected chi connectivity index (χ2v) is 7.47. The summed E-state index contributed by atoms with van der Waals surface area (Å²) in [6.45, 7) is 0. The molecule has 2 aromatic heterocycles. The molecule has 0 aliphatic heterocycles. The van der Waals surface area contributed by atoms with Crippen molar-refractivity contribution in [3.63, 3.8) is 0 Å². The molecule has 3 aromatic carbocycles. The first kappa shape index (κ1) is 18.7. The maximum absolute atomic E-state index is 6.25. The molecule has 0 fully saturated rings. The summed E-state index contributed by atoms with van der Waals surface area (Å²) in [7, 11) is 0. The van der Waals surface area contributed by atoms with Crippen LogP contribution >= 0.6 is 23.2 Å². The van der Waals surface area contributed by atoms with Crippen molar-refractivity contribution in [3.8, 4) is 22.8 Å². The van der Waals surface area contributed by atoms with Crippen LogP contribution in [-0.2, 0) is 0 Å². The van der Waals surface area contributed by atoms with Gasteiger partial charge in [0, 0.05) is 16.1 Å². The average molecular weight is 433 g/mol. The molecule has 0 unspecified atom stereocenters. The van der Waals surface area contributed by atoms with Crippen LogP contribution in [0.15, 0.2) is 92.7 Å². The van der Waals surface area contributed by atoms with Gasteiger partial charge in [0.05, 0.1) is 16.9 Å². The van der Waals surface area contributed by atoms with Gasteiger partial charge in [-0.2, -0.15) is 0 Å². The summed E-state index contributed by atoms with van der Waals surface area (Å²) in [5.74, 6) is 1.85. The number of halogens is 2. The fourth-order valence-corrected chi connectivity index (χ4v) is 3.60. The Labute approximate surface area is 182 Å². The van der Waals surface area contributed by atoms with Crippen LogP contribution in [-0.4, -0.2) is 11.2 Å². The Hall–Kier alpha value is -3.34. The van der Waals surface area contributed by atoms with Gasteiger partial charge in [0.1, 0.15) is 17.0 Å². The van der Waals surface area contributed by atoms with Crippen molar-refractivity contribution < 1.29 is 8.83 Å². The zero-order valence-electron chi connectivity index (χ0n) is 15.5. The van der Waals surface area contributed by atoms with Crippen LogP contribution < -0.4 is 0 Å². The molecule has 0 radical (unpaired) electrons. The molecule has 0 aliphatic rings. The SMILES string of the molecule is Clc1ccc(-c2ccc(C=Nc3ccc4oc(-c5ccccc5)nc4c3)o2)c(Cl)c1. The van der Waals surface area contributed by atoms with E-state index in [0.29, 0.717) is 33.0 Å². The lowest BCUT2D eigenvalue weighted by atomic mass is 10.2. The van der Waals surface area contributed by atoms with Crippen molar-refractivity contribution in [3.05, 3.63) is 94.7 Å². The quantitative estimate of drug-likeness (QED) is 0.272. The van der Waals surface area contributed by atoms with Crippen LogP contribution in [0.5, 0.6) is 0 Å². The first-order valence-corrected chi connectivity index (χ1v) is 9.97. The number of hydrogen-bond acceptors (Lipinski definition) is 4. The molecule has 0 bridgehead atoms. The Morgan fingerprint density at radius 1 is 0.833 bits per heavy atom. The number of aliphatic imine (C=N–C) groups is 1. The van der Waals surface area contributed by atoms with Crippen LogP contribution in [0.4, 0.5) is 5.69 Å². The zero-order valence-corrected chi connectivity index (χ0v) is 17.1. The fraction of sp³-hybridized carbons (Fsp3) is 0. The number of nitrogens with zero attached hydrogens (tertiary/aromatic N) is 2. The molecule has 146 valence electrons. The molecule has 0 saturated heterocycles. The summed E-state index contributed by atoms with van der Waals surface area (Å²) in [5, 5.41) is 1.11. The summed E-state index contributed by atoms with van der Waals surface area (Å²) in [5.41, 5.74) is 3.92. The average Bonchev–Trinajstić information content (AvgIpc) is 3.39. The molecule has 4 nitrogen and oxygen atoms in total. The van der Waals surface area contributed by atoms with Gasteiger partial charge < -0.3 is 8.83 Å². The highest BCUT2D eigenvalue weighted by Crippen LogP contribution is 2.31. The minimum atomic E-state index is 0.533. The lowest BCUT2D eigenvalue weighted by molar-refractivity contribution is 0.575. The third-order valence-corrected chi connectivity index (χ3v) is 5.10. The second kappa shape index (κ2) is 7.82. The molecule has 0 aliphatic carbocycles. The van der Waals surface area contributed by atoms with E-state index >= 15 is 0 Å². The number of rotatable bonds is 4. The smallest absolute Gasteiger partial charge is 0.227 e. The van der Waals surface area contributed by atoms with Crippen molar-refractivity contribution in [1.82, 2.24) is 4.98 Å². The standard InChI is InChI=1S/C24H14Cl2N2O2/c25-16-6-9-19(20(26)12-16)22-11-8-18(29-22)14-27-17-7-10-23-21(13-17)28-24(30-23)15-4-2-1-3-5-15/h1-14H. The number of furan rings is 1. The van der Waals surface area contributed by atoms with E-state index in [4.69, 9.17) is 32.0 Å². The van der Waals surface area contributed by atoms with Gasteiger partial charge in [0.25, 0.3) is 0 Å². The van der Waals surface area contributed by atoms with Crippen LogP contribution in [0.2, 0.25) is 10.0 Å². The minimum Gasteiger partial charge on any atom is -0.455 e. The Morgan fingerprint density at radius 2 is 1.70 bits per heavy atom. The fourth-order valence-electron chi connectivity index (χ4n) is 3.09. The van der Waals surface area contributed by atoms with Crippen molar-refractivity contribution in [2.75, 3.05) is 0 Å². The molecule has 0 spiro atoms. The Bertz CT molecular complexity index is 1370. The van der Waals surface area contributed by atoms with E-state index in [9.17, 15) is 0 Å². The molecule has 0 N–H and O–H groups in total. The molecule has 5 rings (SSSR count). The number of hydrogen-bond donors (Lipinski definition) is 0. The molecule has 0 saturated carbocycles. The predicted molar refractivity (Wildman–Crippen MR) is 121 cm³/mol. The second-order valence-electron chi connectivity index (χ2n) is 6.62. The van der Waals surface area contributed by atoms with E-state index in [-0.39, 0.29) is 0 Å². The van der Waals surface area contributed by atoms with Crippen molar-refractivity contribution in [1.29, 1.82) is 0 Å². The normalized spacial score (nSPS) is 11.5. The summed E-state index contributed by atoms with van der Waals surface area (Å²) in [6, 6.07) is 24.4. The van der Waals surface area contributed by atoms with E-state index in [1.165, 1.54) is 0 Å². The Kier molecular flexibility index (Phi) is 4.87. The molecule has 0 atom stereocenters. The third kappa shape index (κ3) is 3.75. The maximum Gasteiger partial charge on any atom is 0.227 e. The summed E-state index contributed by atoms with van der Waals surface area (Å²) in [4.78, 5) is 9.07. The Balaban J connectivity index is 1.40. The molecular weight excluding hydrogens is 419 g/mol. The zero-order chi connectivity index (χ0) is 20.5. The molecule has 5 aromatic rings. The van der Waals surface area contributed by atoms with Gasteiger partial charge in [-0.3, -0.25) is 4.99 Å². The van der Waals surface area contributed by atoms with Crippen molar-refractivity contribution in [2.24, 2.45) is 4.99 Å². The highest BCUT2D eigenvalue weighted by molar-refractivity contribution is 6.36. The Morgan fingerprint density at radius 3 is 2.53 bits per heavy atom. The monoisotopic (exact) mass is 432 g/mol. The largest absolute Gasteiger partial charge is 0.455 e. The molecule has 6 heteroatoms. The van der Waals surface area contributed by atoms with Crippen LogP contribution in [0, 0.1) is 0 Å². The first-order valence-electron chi connectivity index (χ1n) is 9.21. The van der Waals surface area contributed by atoms with E-state index in [1.807, 2.05) is 66.7 Å². The van der Waals surface area contributed by atoms with Gasteiger partial charge in [-0.05, 0) is 60.7 Å². The number of benzene rings is 3. The van der Waals surface area contributed by atoms with Crippen LogP contribution in [0.3, 0.4) is 0 Å². The maximum atomic E-state index is 6.25. The number of fused-ring (bicyclic) bond motifs is 1. The third-order valence-electron chi connectivity index (χ3n) is 4.56. The molecule has 2 heterocycles. The van der Waals surface area contributed by atoms with E-state index in [0.717, 1.165) is 22.3 Å². The summed E-state index contributed by atoms with van der Waals surface area (Å²) < 4.78 is 11.7. The lowest BCUT2D eigenvalue weighted by Crippen LogP contribution is -1.77. The highest BCUT2D eigenvalue weighted by atomic mass is 35.5. The molecular formula is C24H14Cl2N2O2. The van der Waals surface area contributed by atoms with Gasteiger partial charge in [-0.15, -0.1) is 0 Å². The highest BCUT2D eigenvalue weighted by Gasteiger charge is 2.10. The summed E-state index contributed by atoms with van der Waals surface area (Å²) in [6.07, 6.45) is 1.66. The van der Waals surface area contributed by atoms with Crippen molar-refractivity contribution >= 4 is 46.2 Å².